The van der Waals surface area contributed by atoms with Gasteiger partial charge in [-0.15, -0.1) is 0 Å². The van der Waals surface area contributed by atoms with Gasteiger partial charge in [-0.25, -0.2) is 9.97 Å². The number of methoxy groups -OCH3 is 2. The predicted molar refractivity (Wildman–Crippen MR) is 136 cm³/mol. The van der Waals surface area contributed by atoms with Crippen LogP contribution >= 0.6 is 22.9 Å². The molecule has 0 bridgehead atoms. The van der Waals surface area contributed by atoms with Crippen LogP contribution in [0.3, 0.4) is 0 Å². The smallest absolute Gasteiger partial charge is 0.259 e. The number of ether oxygens (including phenoxy) is 2. The number of halogens is 1. The van der Waals surface area contributed by atoms with E-state index >= 15 is 0 Å². The standard InChI is InChI=1S/C25H24ClN5O3S/c1-13-6-17(18-9-16(26)4-5-21(18)34-3)19(10-27-13)23(32)31-25-30-22-24(35-25)29-20(11-28-22)15-7-14(8-15)12-33-2/h4-6,9-11,14-15H,7-8,12H2,1-3H3,(H,28,30,31,32). The van der Waals surface area contributed by atoms with Crippen molar-refractivity contribution >= 4 is 44.5 Å². The molecule has 0 unspecified atom stereocenters. The lowest BCUT2D eigenvalue weighted by atomic mass is 9.74. The number of carbonyl (C=O) groups is 1. The summed E-state index contributed by atoms with van der Waals surface area (Å²) in [6.45, 7) is 2.64. The summed E-state index contributed by atoms with van der Waals surface area (Å²) in [5, 5.41) is 3.86. The van der Waals surface area contributed by atoms with Crippen molar-refractivity contribution < 1.29 is 14.3 Å². The van der Waals surface area contributed by atoms with Gasteiger partial charge in [0.15, 0.2) is 15.6 Å². The molecule has 0 radical (unpaired) electrons. The molecule has 0 saturated heterocycles. The van der Waals surface area contributed by atoms with Crippen LogP contribution < -0.4 is 10.1 Å². The van der Waals surface area contributed by atoms with Gasteiger partial charge >= 0.3 is 0 Å². The number of benzene rings is 1. The van der Waals surface area contributed by atoms with E-state index in [1.54, 1.807) is 44.8 Å². The number of aromatic nitrogens is 4. The van der Waals surface area contributed by atoms with Gasteiger partial charge in [0.2, 0.25) is 0 Å². The quantitative estimate of drug-likeness (QED) is 0.350. The summed E-state index contributed by atoms with van der Waals surface area (Å²) in [6.07, 6.45) is 5.43. The van der Waals surface area contributed by atoms with Gasteiger partial charge in [-0.3, -0.25) is 15.1 Å². The number of nitrogens with zero attached hydrogens (tertiary/aromatic N) is 4. The van der Waals surface area contributed by atoms with Gasteiger partial charge in [0, 0.05) is 47.7 Å². The van der Waals surface area contributed by atoms with Crippen LogP contribution in [0.5, 0.6) is 5.75 Å². The van der Waals surface area contributed by atoms with E-state index in [2.05, 4.69) is 20.3 Å². The van der Waals surface area contributed by atoms with E-state index in [4.69, 9.17) is 26.1 Å². The van der Waals surface area contributed by atoms with Crippen LogP contribution in [0.4, 0.5) is 5.13 Å². The summed E-state index contributed by atoms with van der Waals surface area (Å²) < 4.78 is 10.7. The zero-order valence-electron chi connectivity index (χ0n) is 19.5. The van der Waals surface area contributed by atoms with Crippen LogP contribution in [0, 0.1) is 12.8 Å². The lowest BCUT2D eigenvalue weighted by Crippen LogP contribution is -2.26. The topological polar surface area (TPSA) is 99.1 Å². The van der Waals surface area contributed by atoms with Crippen LogP contribution in [-0.4, -0.2) is 46.7 Å². The van der Waals surface area contributed by atoms with Crippen molar-refractivity contribution in [3.05, 3.63) is 58.6 Å². The molecule has 1 fully saturated rings. The Morgan fingerprint density at radius 3 is 2.74 bits per heavy atom. The number of nitrogens with one attached hydrogen (secondary N) is 1. The van der Waals surface area contributed by atoms with Crippen molar-refractivity contribution in [1.29, 1.82) is 0 Å². The second-order valence-corrected chi connectivity index (χ2v) is 10.0. The van der Waals surface area contributed by atoms with Crippen molar-refractivity contribution in [2.45, 2.75) is 25.7 Å². The molecule has 3 aromatic heterocycles. The normalized spacial score (nSPS) is 17.3. The van der Waals surface area contributed by atoms with E-state index in [9.17, 15) is 4.79 Å². The van der Waals surface area contributed by atoms with Crippen molar-refractivity contribution in [3.8, 4) is 16.9 Å². The van der Waals surface area contributed by atoms with Gasteiger partial charge in [-0.2, -0.15) is 4.98 Å². The highest BCUT2D eigenvalue weighted by Gasteiger charge is 2.31. The molecule has 5 rings (SSSR count). The third-order valence-electron chi connectivity index (χ3n) is 6.16. The maximum Gasteiger partial charge on any atom is 0.259 e. The molecule has 1 aliphatic carbocycles. The molecule has 0 atom stereocenters. The maximum atomic E-state index is 13.3. The number of anilines is 1. The highest BCUT2D eigenvalue weighted by molar-refractivity contribution is 7.21. The first-order chi connectivity index (χ1) is 16.9. The lowest BCUT2D eigenvalue weighted by Gasteiger charge is -2.34. The minimum Gasteiger partial charge on any atom is -0.496 e. The molecule has 3 heterocycles. The zero-order valence-corrected chi connectivity index (χ0v) is 21.1. The van der Waals surface area contributed by atoms with Gasteiger partial charge in [0.25, 0.3) is 5.91 Å². The van der Waals surface area contributed by atoms with Gasteiger partial charge < -0.3 is 9.47 Å². The highest BCUT2D eigenvalue weighted by Crippen LogP contribution is 2.41. The molecule has 180 valence electrons. The van der Waals surface area contributed by atoms with Crippen LogP contribution in [-0.2, 0) is 4.74 Å². The van der Waals surface area contributed by atoms with Crippen LogP contribution in [0.25, 0.3) is 21.6 Å². The van der Waals surface area contributed by atoms with Crippen molar-refractivity contribution in [2.75, 3.05) is 26.1 Å². The molecule has 4 aromatic rings. The molecule has 1 aromatic carbocycles. The van der Waals surface area contributed by atoms with Gasteiger partial charge in [-0.1, -0.05) is 22.9 Å². The Morgan fingerprint density at radius 2 is 1.97 bits per heavy atom. The zero-order chi connectivity index (χ0) is 24.5. The average molecular weight is 510 g/mol. The second-order valence-electron chi connectivity index (χ2n) is 8.60. The van der Waals surface area contributed by atoms with Gasteiger partial charge in [-0.05, 0) is 49.9 Å². The first kappa shape index (κ1) is 23.6. The third kappa shape index (κ3) is 4.84. The first-order valence-electron chi connectivity index (χ1n) is 11.2. The van der Waals surface area contributed by atoms with E-state index in [-0.39, 0.29) is 5.91 Å². The Hall–Kier alpha value is -3.14. The maximum absolute atomic E-state index is 13.3. The van der Waals surface area contributed by atoms with E-state index in [0.29, 0.717) is 54.9 Å². The summed E-state index contributed by atoms with van der Waals surface area (Å²) >= 11 is 7.55. The Morgan fingerprint density at radius 1 is 1.14 bits per heavy atom. The fraction of sp³-hybridized carbons (Fsp3) is 0.320. The van der Waals surface area contributed by atoms with Crippen LogP contribution in [0.2, 0.25) is 5.02 Å². The van der Waals surface area contributed by atoms with Crippen LogP contribution in [0.15, 0.2) is 36.7 Å². The van der Waals surface area contributed by atoms with E-state index in [0.717, 1.165) is 30.8 Å². The number of pyridine rings is 1. The molecular formula is C25H24ClN5O3S. The second kappa shape index (κ2) is 9.85. The van der Waals surface area contributed by atoms with E-state index in [1.165, 1.54) is 11.3 Å². The number of carbonyl (C=O) groups excluding carboxylic acids is 1. The van der Waals surface area contributed by atoms with E-state index < -0.39 is 0 Å². The lowest BCUT2D eigenvalue weighted by molar-refractivity contribution is 0.0969. The first-order valence-corrected chi connectivity index (χ1v) is 12.4. The average Bonchev–Trinajstić information content (AvgIpc) is 3.22. The Kier molecular flexibility index (Phi) is 6.64. The molecular weight excluding hydrogens is 486 g/mol. The number of aryl methyl sites for hydroxylation is 1. The number of rotatable bonds is 7. The van der Waals surface area contributed by atoms with Crippen LogP contribution in [0.1, 0.15) is 40.5 Å². The summed E-state index contributed by atoms with van der Waals surface area (Å²) in [7, 11) is 3.31. The van der Waals surface area contributed by atoms with Crippen molar-refractivity contribution in [1.82, 2.24) is 19.9 Å². The highest BCUT2D eigenvalue weighted by atomic mass is 35.5. The number of hydrogen-bond donors (Lipinski definition) is 1. The fourth-order valence-electron chi connectivity index (χ4n) is 4.35. The molecule has 0 spiro atoms. The molecule has 1 saturated carbocycles. The Bertz CT molecular complexity index is 1400. The number of fused-ring (bicyclic) bond motifs is 1. The fourth-order valence-corrected chi connectivity index (χ4v) is 5.32. The Labute approximate surface area is 211 Å². The number of amides is 1. The molecule has 0 aliphatic heterocycles. The minimum atomic E-state index is -0.338. The van der Waals surface area contributed by atoms with Gasteiger partial charge in [0.05, 0.1) is 24.6 Å². The Balaban J connectivity index is 1.40. The SMILES string of the molecule is COCC1CC(c2cnc3nc(NC(=O)c4cnc(C)cc4-c4cc(Cl)ccc4OC)sc3n2)C1. The molecule has 1 aliphatic rings. The molecule has 1 amide bonds. The van der Waals surface area contributed by atoms with E-state index in [1.807, 2.05) is 13.0 Å². The molecule has 8 nitrogen and oxygen atoms in total. The summed E-state index contributed by atoms with van der Waals surface area (Å²) in [6, 6.07) is 7.13. The number of hydrogen-bond acceptors (Lipinski definition) is 8. The largest absolute Gasteiger partial charge is 0.496 e. The minimum absolute atomic E-state index is 0.338. The van der Waals surface area contributed by atoms with Crippen molar-refractivity contribution in [2.24, 2.45) is 5.92 Å². The summed E-state index contributed by atoms with van der Waals surface area (Å²) in [5.74, 6) is 1.24. The van der Waals surface area contributed by atoms with Gasteiger partial charge in [0.1, 0.15) is 5.75 Å². The monoisotopic (exact) mass is 509 g/mol. The molecule has 1 N–H and O–H groups in total. The third-order valence-corrected chi connectivity index (χ3v) is 7.24. The summed E-state index contributed by atoms with van der Waals surface area (Å²) in [4.78, 5) is 32.0. The molecule has 35 heavy (non-hydrogen) atoms. The molecule has 10 heteroatoms. The predicted octanol–water partition coefficient (Wildman–Crippen LogP) is 5.51. The van der Waals surface area contributed by atoms with Crippen molar-refractivity contribution in [3.63, 3.8) is 0 Å². The summed E-state index contributed by atoms with van der Waals surface area (Å²) in [5.41, 5.74) is 4.01. The number of thiazole rings is 1.